The maximum absolute atomic E-state index is 12.3. The summed E-state index contributed by atoms with van der Waals surface area (Å²) >= 11 is 0. The molecule has 3 rings (SSSR count). The van der Waals surface area contributed by atoms with Crippen molar-refractivity contribution >= 4 is 12.0 Å². The average Bonchev–Trinajstić information content (AvgIpc) is 3.31. The van der Waals surface area contributed by atoms with Gasteiger partial charge in [0.05, 0.1) is 19.7 Å². The van der Waals surface area contributed by atoms with Gasteiger partial charge in [0.2, 0.25) is 11.8 Å². The lowest BCUT2D eigenvalue weighted by atomic mass is 9.96. The monoisotopic (exact) mass is 377 g/mol. The second-order valence-corrected chi connectivity index (χ2v) is 6.99. The average molecular weight is 377 g/mol. The fraction of sp³-hybridized carbons (Fsp3) is 0.611. The highest BCUT2D eigenvalue weighted by Crippen LogP contribution is 2.32. The minimum absolute atomic E-state index is 0.0343. The second-order valence-electron chi connectivity index (χ2n) is 6.99. The van der Waals surface area contributed by atoms with Crippen molar-refractivity contribution in [3.05, 3.63) is 23.9 Å². The maximum Gasteiger partial charge on any atom is 0.407 e. The lowest BCUT2D eigenvalue weighted by molar-refractivity contribution is -0.121. The number of nitrogens with one attached hydrogen (secondary N) is 4. The van der Waals surface area contributed by atoms with Gasteiger partial charge in [-0.2, -0.15) is 0 Å². The standard InChI is InChI=1S/C18H27N5O4/c1-19-18(25)27-13-5-4-12(8-13)14-9-15(23-22-14)21-16(24)7-11-3-6-17(26-2)20-10-11/h3,6,10,12-15,22-23H,4-5,7-9H2,1-2H3,(H,19,25)(H,21,24)/t12-,13+,14?,15?/m0/s1. The Balaban J connectivity index is 1.41. The van der Waals surface area contributed by atoms with Crippen LogP contribution in [0.4, 0.5) is 4.79 Å². The summed E-state index contributed by atoms with van der Waals surface area (Å²) in [4.78, 5) is 27.7. The van der Waals surface area contributed by atoms with Gasteiger partial charge in [0.15, 0.2) is 0 Å². The van der Waals surface area contributed by atoms with E-state index in [4.69, 9.17) is 9.47 Å². The Bertz CT molecular complexity index is 654. The van der Waals surface area contributed by atoms with Crippen LogP contribution in [0.25, 0.3) is 0 Å². The molecule has 2 aliphatic rings. The first kappa shape index (κ1) is 19.4. The summed E-state index contributed by atoms with van der Waals surface area (Å²) in [5, 5.41) is 5.48. The predicted molar refractivity (Wildman–Crippen MR) is 97.8 cm³/mol. The third-order valence-corrected chi connectivity index (χ3v) is 5.11. The molecule has 1 aliphatic heterocycles. The molecule has 1 aromatic heterocycles. The molecule has 1 saturated carbocycles. The lowest BCUT2D eigenvalue weighted by Crippen LogP contribution is -2.45. The van der Waals surface area contributed by atoms with E-state index in [1.54, 1.807) is 26.4 Å². The molecule has 2 amide bonds. The van der Waals surface area contributed by atoms with Crippen LogP contribution in [0, 0.1) is 5.92 Å². The second kappa shape index (κ2) is 9.01. The number of carbonyl (C=O) groups excluding carboxylic acids is 2. The Morgan fingerprint density at radius 1 is 1.26 bits per heavy atom. The Labute approximate surface area is 158 Å². The molecule has 9 nitrogen and oxygen atoms in total. The molecular weight excluding hydrogens is 350 g/mol. The zero-order valence-electron chi connectivity index (χ0n) is 15.7. The summed E-state index contributed by atoms with van der Waals surface area (Å²) in [6.07, 6.45) is 4.89. The zero-order valence-corrected chi connectivity index (χ0v) is 15.7. The highest BCUT2D eigenvalue weighted by atomic mass is 16.6. The molecule has 1 aliphatic carbocycles. The normalized spacial score (nSPS) is 27.2. The molecule has 0 radical (unpaired) electrons. The van der Waals surface area contributed by atoms with E-state index >= 15 is 0 Å². The van der Waals surface area contributed by atoms with Crippen LogP contribution in [0.2, 0.25) is 0 Å². The van der Waals surface area contributed by atoms with Crippen LogP contribution in [0.5, 0.6) is 5.88 Å². The van der Waals surface area contributed by atoms with Crippen molar-refractivity contribution in [3.63, 3.8) is 0 Å². The largest absolute Gasteiger partial charge is 0.481 e. The highest BCUT2D eigenvalue weighted by molar-refractivity contribution is 5.78. The summed E-state index contributed by atoms with van der Waals surface area (Å²) in [5.41, 5.74) is 7.25. The molecule has 0 spiro atoms. The van der Waals surface area contributed by atoms with Gasteiger partial charge < -0.3 is 20.1 Å². The molecular formula is C18H27N5O4. The van der Waals surface area contributed by atoms with Gasteiger partial charge >= 0.3 is 6.09 Å². The van der Waals surface area contributed by atoms with E-state index < -0.39 is 0 Å². The van der Waals surface area contributed by atoms with E-state index in [2.05, 4.69) is 26.5 Å². The number of methoxy groups -OCH3 is 1. The SMILES string of the molecule is CNC(=O)O[C@@H]1CC[C@H](C2CC(NC(=O)Cc3ccc(OC)nc3)NN2)C1. The quantitative estimate of drug-likeness (QED) is 0.570. The molecule has 4 N–H and O–H groups in total. The van der Waals surface area contributed by atoms with Gasteiger partial charge in [-0.3, -0.25) is 10.2 Å². The van der Waals surface area contributed by atoms with E-state index in [9.17, 15) is 9.59 Å². The number of carbonyl (C=O) groups is 2. The molecule has 2 unspecified atom stereocenters. The number of hydrogen-bond acceptors (Lipinski definition) is 7. The van der Waals surface area contributed by atoms with E-state index in [0.29, 0.717) is 11.8 Å². The number of hydrazine groups is 1. The molecule has 1 saturated heterocycles. The summed E-state index contributed by atoms with van der Waals surface area (Å²) in [6.45, 7) is 0. The van der Waals surface area contributed by atoms with Gasteiger partial charge in [-0.15, -0.1) is 0 Å². The van der Waals surface area contributed by atoms with Crippen LogP contribution in [0.3, 0.4) is 0 Å². The van der Waals surface area contributed by atoms with E-state index in [0.717, 1.165) is 31.2 Å². The highest BCUT2D eigenvalue weighted by Gasteiger charge is 2.37. The van der Waals surface area contributed by atoms with Gasteiger partial charge in [-0.25, -0.2) is 15.2 Å². The molecule has 2 fully saturated rings. The fourth-order valence-electron chi connectivity index (χ4n) is 3.71. The van der Waals surface area contributed by atoms with Crippen molar-refractivity contribution in [2.75, 3.05) is 14.2 Å². The summed E-state index contributed by atoms with van der Waals surface area (Å²) in [7, 11) is 3.12. The minimum atomic E-state index is -0.378. The Morgan fingerprint density at radius 3 is 2.81 bits per heavy atom. The summed E-state index contributed by atoms with van der Waals surface area (Å²) in [6, 6.07) is 3.82. The molecule has 4 atom stereocenters. The topological polar surface area (TPSA) is 114 Å². The van der Waals surface area contributed by atoms with Gasteiger partial charge in [0.1, 0.15) is 6.10 Å². The van der Waals surface area contributed by atoms with Crippen LogP contribution < -0.4 is 26.2 Å². The van der Waals surface area contributed by atoms with Crippen molar-refractivity contribution in [2.45, 2.75) is 50.4 Å². The molecule has 0 bridgehead atoms. The van der Waals surface area contributed by atoms with Crippen molar-refractivity contribution in [1.29, 1.82) is 0 Å². The smallest absolute Gasteiger partial charge is 0.407 e. The third-order valence-electron chi connectivity index (χ3n) is 5.11. The van der Waals surface area contributed by atoms with Crippen LogP contribution >= 0.6 is 0 Å². The number of ether oxygens (including phenoxy) is 2. The van der Waals surface area contributed by atoms with Crippen LogP contribution in [0.15, 0.2) is 18.3 Å². The van der Waals surface area contributed by atoms with Crippen molar-refractivity contribution < 1.29 is 19.1 Å². The Hall–Kier alpha value is -2.39. The van der Waals surface area contributed by atoms with E-state index in [-0.39, 0.29) is 36.7 Å². The lowest BCUT2D eigenvalue weighted by Gasteiger charge is -2.18. The first-order chi connectivity index (χ1) is 13.1. The van der Waals surface area contributed by atoms with Crippen molar-refractivity contribution in [2.24, 2.45) is 5.92 Å². The molecule has 27 heavy (non-hydrogen) atoms. The number of nitrogens with zero attached hydrogens (tertiary/aromatic N) is 1. The molecule has 148 valence electrons. The number of rotatable bonds is 6. The number of alkyl carbamates (subject to hydrolysis) is 1. The Kier molecular flexibility index (Phi) is 6.46. The fourth-order valence-corrected chi connectivity index (χ4v) is 3.71. The van der Waals surface area contributed by atoms with E-state index in [1.165, 1.54) is 0 Å². The number of aromatic nitrogens is 1. The number of amides is 2. The number of pyridine rings is 1. The van der Waals surface area contributed by atoms with Gasteiger partial charge in [-0.1, -0.05) is 6.07 Å². The predicted octanol–water partition coefficient (Wildman–Crippen LogP) is 0.466. The number of hydrogen-bond donors (Lipinski definition) is 4. The first-order valence-electron chi connectivity index (χ1n) is 9.25. The first-order valence-corrected chi connectivity index (χ1v) is 9.25. The van der Waals surface area contributed by atoms with Gasteiger partial charge in [0, 0.05) is 25.4 Å². The Morgan fingerprint density at radius 2 is 2.11 bits per heavy atom. The summed E-state index contributed by atoms with van der Waals surface area (Å²) < 4.78 is 10.4. The van der Waals surface area contributed by atoms with Crippen LogP contribution in [-0.2, 0) is 16.0 Å². The van der Waals surface area contributed by atoms with E-state index in [1.807, 2.05) is 6.07 Å². The molecule has 9 heteroatoms. The van der Waals surface area contributed by atoms with Gasteiger partial charge in [0.25, 0.3) is 0 Å². The molecule has 0 aromatic carbocycles. The molecule has 2 heterocycles. The zero-order chi connectivity index (χ0) is 19.2. The third kappa shape index (κ3) is 5.30. The van der Waals surface area contributed by atoms with Crippen LogP contribution in [0.1, 0.15) is 31.2 Å². The molecule has 1 aromatic rings. The van der Waals surface area contributed by atoms with Crippen LogP contribution in [-0.4, -0.2) is 49.5 Å². The van der Waals surface area contributed by atoms with Crippen molar-refractivity contribution in [3.8, 4) is 5.88 Å². The summed E-state index contributed by atoms with van der Waals surface area (Å²) in [5.74, 6) is 0.882. The van der Waals surface area contributed by atoms with Crippen molar-refractivity contribution in [1.82, 2.24) is 26.5 Å². The maximum atomic E-state index is 12.3. The van der Waals surface area contributed by atoms with Gasteiger partial charge in [-0.05, 0) is 37.2 Å². The minimum Gasteiger partial charge on any atom is -0.481 e.